The number of H-pyrrole nitrogens is 1. The summed E-state index contributed by atoms with van der Waals surface area (Å²) in [5.74, 6) is -0.672. The molecule has 0 aliphatic carbocycles. The standard InChI is InChI=1S/C13H15N3O3/c17-6-5-14-12(18)8-15-13(19)11-7-9-3-1-2-4-10(9)16-11/h1-4,7,16-17H,5-6,8H2,(H,14,18)(H,15,19). The summed E-state index contributed by atoms with van der Waals surface area (Å²) < 4.78 is 0. The largest absolute Gasteiger partial charge is 0.395 e. The molecule has 6 nitrogen and oxygen atoms in total. The molecule has 1 aromatic carbocycles. The van der Waals surface area contributed by atoms with Crippen LogP contribution in [0.1, 0.15) is 10.5 Å². The number of benzene rings is 1. The molecule has 0 saturated carbocycles. The minimum Gasteiger partial charge on any atom is -0.395 e. The maximum atomic E-state index is 11.8. The summed E-state index contributed by atoms with van der Waals surface area (Å²) in [5.41, 5.74) is 1.29. The Kier molecular flexibility index (Phi) is 4.15. The highest BCUT2D eigenvalue weighted by Gasteiger charge is 2.10. The first kappa shape index (κ1) is 13.1. The maximum absolute atomic E-state index is 11.8. The highest BCUT2D eigenvalue weighted by molar-refractivity contribution is 5.99. The van der Waals surface area contributed by atoms with Crippen LogP contribution < -0.4 is 10.6 Å². The number of aliphatic hydroxyl groups excluding tert-OH is 1. The third kappa shape index (κ3) is 3.32. The third-order valence-corrected chi connectivity index (χ3v) is 2.62. The van der Waals surface area contributed by atoms with Crippen LogP contribution in [0.15, 0.2) is 30.3 Å². The quantitative estimate of drug-likeness (QED) is 0.610. The molecular weight excluding hydrogens is 246 g/mol. The van der Waals surface area contributed by atoms with E-state index in [1.54, 1.807) is 6.07 Å². The molecule has 0 bridgehead atoms. The van der Waals surface area contributed by atoms with Crippen molar-refractivity contribution in [2.45, 2.75) is 0 Å². The normalized spacial score (nSPS) is 10.4. The average Bonchev–Trinajstić information content (AvgIpc) is 2.86. The van der Waals surface area contributed by atoms with Gasteiger partial charge in [-0.15, -0.1) is 0 Å². The molecule has 0 saturated heterocycles. The average molecular weight is 261 g/mol. The molecular formula is C13H15N3O3. The van der Waals surface area contributed by atoms with Crippen molar-refractivity contribution in [2.75, 3.05) is 19.7 Å². The Labute approximate surface area is 109 Å². The number of hydrogen-bond acceptors (Lipinski definition) is 3. The maximum Gasteiger partial charge on any atom is 0.268 e. The fraction of sp³-hybridized carbons (Fsp3) is 0.231. The van der Waals surface area contributed by atoms with Gasteiger partial charge in [0.25, 0.3) is 5.91 Å². The van der Waals surface area contributed by atoms with Gasteiger partial charge in [-0.2, -0.15) is 0 Å². The Morgan fingerprint density at radius 3 is 2.74 bits per heavy atom. The lowest BCUT2D eigenvalue weighted by atomic mass is 10.2. The number of carbonyl (C=O) groups is 2. The van der Waals surface area contributed by atoms with Gasteiger partial charge in [0, 0.05) is 17.4 Å². The summed E-state index contributed by atoms with van der Waals surface area (Å²) >= 11 is 0. The predicted molar refractivity (Wildman–Crippen MR) is 70.7 cm³/mol. The van der Waals surface area contributed by atoms with Crippen molar-refractivity contribution < 1.29 is 14.7 Å². The molecule has 0 atom stereocenters. The van der Waals surface area contributed by atoms with Crippen LogP contribution in [0.25, 0.3) is 10.9 Å². The number of amides is 2. The molecule has 1 aromatic heterocycles. The Hall–Kier alpha value is -2.34. The topological polar surface area (TPSA) is 94.2 Å². The molecule has 0 spiro atoms. The number of aromatic amines is 1. The molecule has 2 rings (SSSR count). The number of rotatable bonds is 5. The van der Waals surface area contributed by atoms with Crippen LogP contribution in [0, 0.1) is 0 Å². The smallest absolute Gasteiger partial charge is 0.268 e. The number of nitrogens with one attached hydrogen (secondary N) is 3. The zero-order chi connectivity index (χ0) is 13.7. The highest BCUT2D eigenvalue weighted by Crippen LogP contribution is 2.14. The summed E-state index contributed by atoms with van der Waals surface area (Å²) in [6, 6.07) is 9.27. The summed E-state index contributed by atoms with van der Waals surface area (Å²) in [5, 5.41) is 14.4. The van der Waals surface area contributed by atoms with Crippen molar-refractivity contribution in [1.29, 1.82) is 0 Å². The fourth-order valence-electron chi connectivity index (χ4n) is 1.71. The summed E-state index contributed by atoms with van der Waals surface area (Å²) in [6.07, 6.45) is 0. The Morgan fingerprint density at radius 1 is 1.21 bits per heavy atom. The second kappa shape index (κ2) is 6.01. The van der Waals surface area contributed by atoms with E-state index in [0.29, 0.717) is 5.69 Å². The predicted octanol–water partition coefficient (Wildman–Crippen LogP) is 0.00620. The number of aliphatic hydroxyl groups is 1. The lowest BCUT2D eigenvalue weighted by molar-refractivity contribution is -0.120. The van der Waals surface area contributed by atoms with Gasteiger partial charge in [-0.3, -0.25) is 9.59 Å². The zero-order valence-corrected chi connectivity index (χ0v) is 10.3. The van der Waals surface area contributed by atoms with E-state index in [1.807, 2.05) is 24.3 Å². The van der Waals surface area contributed by atoms with Crippen LogP contribution in [0.5, 0.6) is 0 Å². The number of fused-ring (bicyclic) bond motifs is 1. The summed E-state index contributed by atoms with van der Waals surface area (Å²) in [4.78, 5) is 26.1. The second-order valence-electron chi connectivity index (χ2n) is 4.03. The van der Waals surface area contributed by atoms with Crippen LogP contribution in [0.3, 0.4) is 0 Å². The zero-order valence-electron chi connectivity index (χ0n) is 10.3. The van der Waals surface area contributed by atoms with Gasteiger partial charge in [0.2, 0.25) is 5.91 Å². The van der Waals surface area contributed by atoms with Crippen LogP contribution >= 0.6 is 0 Å². The van der Waals surface area contributed by atoms with Crippen molar-refractivity contribution >= 4 is 22.7 Å². The van der Waals surface area contributed by atoms with Gasteiger partial charge in [-0.05, 0) is 12.1 Å². The van der Waals surface area contributed by atoms with Crippen molar-refractivity contribution in [3.8, 4) is 0 Å². The first-order chi connectivity index (χ1) is 9.20. The molecule has 100 valence electrons. The van der Waals surface area contributed by atoms with Gasteiger partial charge in [0.1, 0.15) is 5.69 Å². The van der Waals surface area contributed by atoms with Crippen LogP contribution in [-0.4, -0.2) is 41.6 Å². The Balaban J connectivity index is 1.94. The van der Waals surface area contributed by atoms with E-state index in [4.69, 9.17) is 5.11 Å². The van der Waals surface area contributed by atoms with Crippen molar-refractivity contribution in [3.63, 3.8) is 0 Å². The van der Waals surface area contributed by atoms with Crippen LogP contribution in [0.2, 0.25) is 0 Å². The van der Waals surface area contributed by atoms with Gasteiger partial charge in [0.15, 0.2) is 0 Å². The van der Waals surface area contributed by atoms with Crippen LogP contribution in [-0.2, 0) is 4.79 Å². The summed E-state index contributed by atoms with van der Waals surface area (Å²) in [7, 11) is 0. The molecule has 0 fully saturated rings. The molecule has 2 amide bonds. The molecule has 2 aromatic rings. The first-order valence-corrected chi connectivity index (χ1v) is 5.94. The van der Waals surface area contributed by atoms with Gasteiger partial charge in [-0.25, -0.2) is 0 Å². The molecule has 6 heteroatoms. The van der Waals surface area contributed by atoms with Crippen molar-refractivity contribution in [1.82, 2.24) is 15.6 Å². The van der Waals surface area contributed by atoms with Gasteiger partial charge in [0.05, 0.1) is 13.2 Å². The molecule has 0 unspecified atom stereocenters. The number of hydrogen-bond donors (Lipinski definition) is 4. The number of para-hydroxylation sites is 1. The van der Waals surface area contributed by atoms with E-state index in [9.17, 15) is 9.59 Å². The molecule has 0 aliphatic rings. The van der Waals surface area contributed by atoms with Gasteiger partial charge >= 0.3 is 0 Å². The van der Waals surface area contributed by atoms with E-state index in [1.165, 1.54) is 0 Å². The lowest BCUT2D eigenvalue weighted by Crippen LogP contribution is -2.38. The second-order valence-corrected chi connectivity index (χ2v) is 4.03. The van der Waals surface area contributed by atoms with E-state index in [2.05, 4.69) is 15.6 Å². The van der Waals surface area contributed by atoms with Crippen molar-refractivity contribution in [3.05, 3.63) is 36.0 Å². The SMILES string of the molecule is O=C(CNC(=O)c1cc2ccccc2[nH]1)NCCO. The minimum atomic E-state index is -0.338. The fourth-order valence-corrected chi connectivity index (χ4v) is 1.71. The van der Waals surface area contributed by atoms with Crippen molar-refractivity contribution in [2.24, 2.45) is 0 Å². The van der Waals surface area contributed by atoms with Crippen LogP contribution in [0.4, 0.5) is 0 Å². The minimum absolute atomic E-state index is 0.117. The van der Waals surface area contributed by atoms with E-state index < -0.39 is 0 Å². The molecule has 19 heavy (non-hydrogen) atoms. The molecule has 0 radical (unpaired) electrons. The number of aromatic nitrogens is 1. The van der Waals surface area contributed by atoms with E-state index in [-0.39, 0.29) is 31.5 Å². The van der Waals surface area contributed by atoms with E-state index >= 15 is 0 Å². The van der Waals surface area contributed by atoms with E-state index in [0.717, 1.165) is 10.9 Å². The Bertz CT molecular complexity index is 559. The lowest BCUT2D eigenvalue weighted by Gasteiger charge is -2.04. The molecule has 1 heterocycles. The summed E-state index contributed by atoms with van der Waals surface area (Å²) in [6.45, 7) is -0.0585. The first-order valence-electron chi connectivity index (χ1n) is 5.94. The molecule has 4 N–H and O–H groups in total. The number of carbonyl (C=O) groups excluding carboxylic acids is 2. The monoisotopic (exact) mass is 261 g/mol. The van der Waals surface area contributed by atoms with Gasteiger partial charge < -0.3 is 20.7 Å². The third-order valence-electron chi connectivity index (χ3n) is 2.62. The Morgan fingerprint density at radius 2 is 2.00 bits per heavy atom. The highest BCUT2D eigenvalue weighted by atomic mass is 16.3. The van der Waals surface area contributed by atoms with Gasteiger partial charge in [-0.1, -0.05) is 18.2 Å². The molecule has 0 aliphatic heterocycles.